The summed E-state index contributed by atoms with van der Waals surface area (Å²) in [5, 5.41) is 5.40. The van der Waals surface area contributed by atoms with Gasteiger partial charge in [-0.3, -0.25) is 14.4 Å². The molecular formula is C25H31FN2O4. The van der Waals surface area contributed by atoms with Gasteiger partial charge in [0.2, 0.25) is 0 Å². The Morgan fingerprint density at radius 2 is 1.56 bits per heavy atom. The molecule has 7 heteroatoms. The minimum absolute atomic E-state index is 0.00143. The highest BCUT2D eigenvalue weighted by Crippen LogP contribution is 2.22. The van der Waals surface area contributed by atoms with Gasteiger partial charge in [-0.25, -0.2) is 4.39 Å². The summed E-state index contributed by atoms with van der Waals surface area (Å²) < 4.78 is 18.2. The van der Waals surface area contributed by atoms with Crippen LogP contribution in [0.3, 0.4) is 0 Å². The lowest BCUT2D eigenvalue weighted by atomic mass is 9.87. The normalized spacial score (nSPS) is 13.1. The van der Waals surface area contributed by atoms with E-state index in [9.17, 15) is 18.8 Å². The molecule has 0 aromatic heterocycles. The van der Waals surface area contributed by atoms with E-state index in [1.54, 1.807) is 31.2 Å². The number of hydrogen-bond acceptors (Lipinski definition) is 4. The number of benzene rings is 2. The largest absolute Gasteiger partial charge is 0.452 e. The van der Waals surface area contributed by atoms with Crippen LogP contribution in [0.4, 0.5) is 4.39 Å². The van der Waals surface area contributed by atoms with Gasteiger partial charge in [0.15, 0.2) is 6.10 Å². The van der Waals surface area contributed by atoms with Crippen molar-refractivity contribution in [3.63, 3.8) is 0 Å². The third kappa shape index (κ3) is 7.48. The van der Waals surface area contributed by atoms with E-state index in [2.05, 4.69) is 31.4 Å². The van der Waals surface area contributed by atoms with Gasteiger partial charge in [-0.2, -0.15) is 0 Å². The third-order valence-corrected chi connectivity index (χ3v) is 5.03. The van der Waals surface area contributed by atoms with Crippen molar-refractivity contribution in [2.24, 2.45) is 0 Å². The van der Waals surface area contributed by atoms with Crippen molar-refractivity contribution in [3.8, 4) is 0 Å². The van der Waals surface area contributed by atoms with Crippen LogP contribution in [-0.4, -0.2) is 30.4 Å². The summed E-state index contributed by atoms with van der Waals surface area (Å²) in [5.41, 5.74) is 2.36. The summed E-state index contributed by atoms with van der Waals surface area (Å²) in [6.07, 6.45) is -1.05. The number of ether oxygens (including phenoxy) is 1. The highest BCUT2D eigenvalue weighted by atomic mass is 19.1. The molecule has 0 spiro atoms. The van der Waals surface area contributed by atoms with Crippen LogP contribution < -0.4 is 10.6 Å². The SMILES string of the molecule is CC(OC(=O)CCNC(=O)c1ccc(C(C)(C)C)cc1)C(=O)NC(C)c1ccc(F)cc1. The summed E-state index contributed by atoms with van der Waals surface area (Å²) in [4.78, 5) is 36.5. The standard InChI is InChI=1S/C25H31FN2O4/c1-16(18-8-12-21(26)13-9-18)28-23(30)17(2)32-22(29)14-15-27-24(31)19-6-10-20(11-7-19)25(3,4)5/h6-13,16-17H,14-15H2,1-5H3,(H,27,31)(H,28,30). The molecule has 0 saturated carbocycles. The van der Waals surface area contributed by atoms with E-state index in [1.165, 1.54) is 19.1 Å². The molecule has 0 bridgehead atoms. The topological polar surface area (TPSA) is 84.5 Å². The fourth-order valence-electron chi connectivity index (χ4n) is 2.98. The van der Waals surface area contributed by atoms with Crippen LogP contribution in [0.25, 0.3) is 0 Å². The fraction of sp³-hybridized carbons (Fsp3) is 0.400. The minimum Gasteiger partial charge on any atom is -0.452 e. The smallest absolute Gasteiger partial charge is 0.308 e. The lowest BCUT2D eigenvalue weighted by Crippen LogP contribution is -2.37. The first kappa shape index (κ1) is 25.0. The van der Waals surface area contributed by atoms with Crippen LogP contribution in [-0.2, 0) is 19.7 Å². The Morgan fingerprint density at radius 1 is 0.969 bits per heavy atom. The molecule has 0 radical (unpaired) electrons. The van der Waals surface area contributed by atoms with E-state index < -0.39 is 18.0 Å². The molecule has 172 valence electrons. The molecule has 6 nitrogen and oxygen atoms in total. The van der Waals surface area contributed by atoms with Gasteiger partial charge in [-0.1, -0.05) is 45.0 Å². The summed E-state index contributed by atoms with van der Waals surface area (Å²) in [6, 6.07) is 12.8. The number of nitrogens with one attached hydrogen (secondary N) is 2. The second kappa shape index (κ2) is 10.9. The lowest BCUT2D eigenvalue weighted by molar-refractivity contribution is -0.154. The quantitative estimate of drug-likeness (QED) is 0.604. The zero-order valence-corrected chi connectivity index (χ0v) is 19.2. The van der Waals surface area contributed by atoms with Crippen LogP contribution in [0, 0.1) is 5.82 Å². The van der Waals surface area contributed by atoms with Crippen molar-refractivity contribution in [2.45, 2.75) is 58.6 Å². The Hall–Kier alpha value is -3.22. The van der Waals surface area contributed by atoms with E-state index in [0.29, 0.717) is 5.56 Å². The molecule has 32 heavy (non-hydrogen) atoms. The second-order valence-electron chi connectivity index (χ2n) is 8.75. The van der Waals surface area contributed by atoms with Gasteiger partial charge >= 0.3 is 5.97 Å². The van der Waals surface area contributed by atoms with Crippen molar-refractivity contribution >= 4 is 17.8 Å². The molecular weight excluding hydrogens is 411 g/mol. The van der Waals surface area contributed by atoms with Gasteiger partial charge in [0.1, 0.15) is 5.82 Å². The predicted octanol–water partition coefficient (Wildman–Crippen LogP) is 4.05. The molecule has 0 aliphatic heterocycles. The summed E-state index contributed by atoms with van der Waals surface area (Å²) in [6.45, 7) is 9.61. The first-order valence-electron chi connectivity index (χ1n) is 10.6. The first-order chi connectivity index (χ1) is 15.0. The Morgan fingerprint density at radius 3 is 2.12 bits per heavy atom. The number of carbonyl (C=O) groups excluding carboxylic acids is 3. The van der Waals surface area contributed by atoms with E-state index in [1.807, 2.05) is 12.1 Å². The van der Waals surface area contributed by atoms with Crippen molar-refractivity contribution < 1.29 is 23.5 Å². The zero-order valence-electron chi connectivity index (χ0n) is 19.2. The Balaban J connectivity index is 1.75. The van der Waals surface area contributed by atoms with Gasteiger partial charge in [0.25, 0.3) is 11.8 Å². The summed E-state index contributed by atoms with van der Waals surface area (Å²) in [7, 11) is 0. The molecule has 2 N–H and O–H groups in total. The first-order valence-corrected chi connectivity index (χ1v) is 10.6. The van der Waals surface area contributed by atoms with Gasteiger partial charge in [-0.15, -0.1) is 0 Å². The number of halogens is 1. The molecule has 2 amide bonds. The number of amides is 2. The van der Waals surface area contributed by atoms with Gasteiger partial charge in [0, 0.05) is 12.1 Å². The maximum absolute atomic E-state index is 13.0. The highest BCUT2D eigenvalue weighted by Gasteiger charge is 2.20. The van der Waals surface area contributed by atoms with Gasteiger partial charge in [-0.05, 0) is 54.7 Å². The van der Waals surface area contributed by atoms with E-state index in [4.69, 9.17) is 4.74 Å². The van der Waals surface area contributed by atoms with Crippen LogP contribution in [0.15, 0.2) is 48.5 Å². The maximum atomic E-state index is 13.0. The average Bonchev–Trinajstić information content (AvgIpc) is 2.73. The Kier molecular flexibility index (Phi) is 8.52. The monoisotopic (exact) mass is 442 g/mol. The summed E-state index contributed by atoms with van der Waals surface area (Å²) in [5.74, 6) is -1.69. The molecule has 2 unspecified atom stereocenters. The van der Waals surface area contributed by atoms with Crippen LogP contribution >= 0.6 is 0 Å². The molecule has 2 rings (SSSR count). The molecule has 0 fully saturated rings. The second-order valence-corrected chi connectivity index (χ2v) is 8.75. The molecule has 0 saturated heterocycles. The van der Waals surface area contributed by atoms with Crippen molar-refractivity contribution in [2.75, 3.05) is 6.54 Å². The van der Waals surface area contributed by atoms with E-state index in [-0.39, 0.29) is 36.1 Å². The Labute approximate surface area is 188 Å². The van der Waals surface area contributed by atoms with Crippen LogP contribution in [0.1, 0.15) is 68.6 Å². The van der Waals surface area contributed by atoms with Gasteiger partial charge < -0.3 is 15.4 Å². The molecule has 0 aliphatic carbocycles. The van der Waals surface area contributed by atoms with Crippen molar-refractivity contribution in [3.05, 3.63) is 71.0 Å². The maximum Gasteiger partial charge on any atom is 0.308 e. The Bertz CT molecular complexity index is 934. The minimum atomic E-state index is -0.994. The number of carbonyl (C=O) groups is 3. The zero-order chi connectivity index (χ0) is 23.9. The predicted molar refractivity (Wildman–Crippen MR) is 121 cm³/mol. The van der Waals surface area contributed by atoms with Gasteiger partial charge in [0.05, 0.1) is 12.5 Å². The van der Waals surface area contributed by atoms with Crippen molar-refractivity contribution in [1.29, 1.82) is 0 Å². The fourth-order valence-corrected chi connectivity index (χ4v) is 2.98. The molecule has 2 atom stereocenters. The molecule has 2 aromatic carbocycles. The van der Waals surface area contributed by atoms with E-state index >= 15 is 0 Å². The lowest BCUT2D eigenvalue weighted by Gasteiger charge is -2.19. The average molecular weight is 443 g/mol. The summed E-state index contributed by atoms with van der Waals surface area (Å²) >= 11 is 0. The van der Waals surface area contributed by atoms with Crippen molar-refractivity contribution in [1.82, 2.24) is 10.6 Å². The van der Waals surface area contributed by atoms with Crippen LogP contribution in [0.5, 0.6) is 0 Å². The molecule has 0 heterocycles. The molecule has 0 aliphatic rings. The number of esters is 1. The third-order valence-electron chi connectivity index (χ3n) is 5.03. The van der Waals surface area contributed by atoms with E-state index in [0.717, 1.165) is 11.1 Å². The number of hydrogen-bond donors (Lipinski definition) is 2. The molecule has 2 aromatic rings. The van der Waals surface area contributed by atoms with Crippen LogP contribution in [0.2, 0.25) is 0 Å². The highest BCUT2D eigenvalue weighted by molar-refractivity contribution is 5.94. The number of rotatable bonds is 8.